The number of aromatic nitrogens is 2. The second-order valence-corrected chi connectivity index (χ2v) is 7.38. The lowest BCUT2D eigenvalue weighted by Gasteiger charge is -2.29. The van der Waals surface area contributed by atoms with E-state index in [4.69, 9.17) is 4.74 Å². The first kappa shape index (κ1) is 23.6. The van der Waals surface area contributed by atoms with Crippen molar-refractivity contribution < 1.29 is 4.74 Å². The third-order valence-corrected chi connectivity index (χ3v) is 5.01. The molecule has 0 radical (unpaired) electrons. The third kappa shape index (κ3) is 7.27. The summed E-state index contributed by atoms with van der Waals surface area (Å²) in [6, 6.07) is 10.5. The van der Waals surface area contributed by atoms with Crippen LogP contribution in [0.2, 0.25) is 0 Å². The number of halogens is 1. The van der Waals surface area contributed by atoms with Crippen molar-refractivity contribution in [2.24, 2.45) is 10.9 Å². The molecule has 1 saturated heterocycles. The van der Waals surface area contributed by atoms with Crippen molar-refractivity contribution in [2.75, 3.05) is 46.4 Å². The third-order valence-electron chi connectivity index (χ3n) is 5.01. The van der Waals surface area contributed by atoms with Crippen molar-refractivity contribution in [3.63, 3.8) is 0 Å². The monoisotopic (exact) mass is 512 g/mol. The molecule has 0 amide bonds. The molecule has 0 saturated carbocycles. The lowest BCUT2D eigenvalue weighted by Crippen LogP contribution is -2.44. The van der Waals surface area contributed by atoms with E-state index in [1.54, 1.807) is 6.20 Å². The fourth-order valence-electron chi connectivity index (χ4n) is 3.40. The van der Waals surface area contributed by atoms with Crippen molar-refractivity contribution in [2.45, 2.75) is 19.9 Å². The number of benzene rings is 1. The summed E-state index contributed by atoms with van der Waals surface area (Å²) in [5, 5.41) is 11.3. The van der Waals surface area contributed by atoms with Gasteiger partial charge in [-0.3, -0.25) is 9.89 Å². The summed E-state index contributed by atoms with van der Waals surface area (Å²) in [7, 11) is 1.81. The molecule has 1 aromatic heterocycles. The molecule has 7 nitrogen and oxygen atoms in total. The highest BCUT2D eigenvalue weighted by Gasteiger charge is 2.15. The van der Waals surface area contributed by atoms with Gasteiger partial charge in [-0.25, -0.2) is 4.68 Å². The molecule has 1 fully saturated rings. The molecular weight excluding hydrogens is 479 g/mol. The van der Waals surface area contributed by atoms with Gasteiger partial charge in [-0.1, -0.05) is 19.1 Å². The van der Waals surface area contributed by atoms with Crippen LogP contribution in [-0.4, -0.2) is 67.1 Å². The lowest BCUT2D eigenvalue weighted by atomic mass is 10.1. The molecule has 2 aromatic rings. The Hall–Kier alpha value is -1.65. The molecule has 2 N–H and O–H groups in total. The SMILES string of the molecule is CN=C(NCC(C)CN1CCOCC1)NC(C)c1cccc(-n2cccn2)c1.I. The fraction of sp³-hybridized carbons (Fsp3) is 0.524. The number of hydrogen-bond acceptors (Lipinski definition) is 4. The average molecular weight is 512 g/mol. The van der Waals surface area contributed by atoms with Crippen LogP contribution in [0.3, 0.4) is 0 Å². The molecule has 2 unspecified atom stereocenters. The van der Waals surface area contributed by atoms with Gasteiger partial charge in [-0.2, -0.15) is 5.10 Å². The molecule has 1 aliphatic rings. The minimum Gasteiger partial charge on any atom is -0.379 e. The van der Waals surface area contributed by atoms with Gasteiger partial charge in [-0.05, 0) is 36.6 Å². The number of nitrogens with zero attached hydrogens (tertiary/aromatic N) is 4. The molecule has 160 valence electrons. The van der Waals surface area contributed by atoms with Crippen LogP contribution in [0.4, 0.5) is 0 Å². The summed E-state index contributed by atoms with van der Waals surface area (Å²) < 4.78 is 7.29. The first-order valence-corrected chi connectivity index (χ1v) is 10.0. The van der Waals surface area contributed by atoms with Crippen molar-refractivity contribution in [1.29, 1.82) is 0 Å². The van der Waals surface area contributed by atoms with E-state index in [-0.39, 0.29) is 30.0 Å². The van der Waals surface area contributed by atoms with Crippen LogP contribution in [0.1, 0.15) is 25.5 Å². The zero-order valence-electron chi connectivity index (χ0n) is 17.5. The highest BCUT2D eigenvalue weighted by atomic mass is 127. The Morgan fingerprint density at radius 1 is 1.24 bits per heavy atom. The highest BCUT2D eigenvalue weighted by molar-refractivity contribution is 14.0. The van der Waals surface area contributed by atoms with E-state index in [2.05, 4.69) is 63.7 Å². The predicted molar refractivity (Wildman–Crippen MR) is 128 cm³/mol. The van der Waals surface area contributed by atoms with Crippen LogP contribution in [0.5, 0.6) is 0 Å². The first-order chi connectivity index (χ1) is 13.7. The maximum Gasteiger partial charge on any atom is 0.191 e. The lowest BCUT2D eigenvalue weighted by molar-refractivity contribution is 0.0320. The van der Waals surface area contributed by atoms with E-state index in [0.29, 0.717) is 5.92 Å². The van der Waals surface area contributed by atoms with Gasteiger partial charge < -0.3 is 15.4 Å². The number of hydrogen-bond donors (Lipinski definition) is 2. The fourth-order valence-corrected chi connectivity index (χ4v) is 3.40. The number of nitrogens with one attached hydrogen (secondary N) is 2. The van der Waals surface area contributed by atoms with Crippen LogP contribution >= 0.6 is 24.0 Å². The molecule has 1 aliphatic heterocycles. The normalized spacial score (nSPS) is 17.3. The van der Waals surface area contributed by atoms with Gasteiger partial charge in [0.1, 0.15) is 0 Å². The number of aliphatic imine (C=N–C) groups is 1. The van der Waals surface area contributed by atoms with E-state index in [9.17, 15) is 0 Å². The van der Waals surface area contributed by atoms with Gasteiger partial charge in [0.25, 0.3) is 0 Å². The Labute approximate surface area is 190 Å². The molecule has 8 heteroatoms. The van der Waals surface area contributed by atoms with Gasteiger partial charge in [0.15, 0.2) is 5.96 Å². The molecule has 0 bridgehead atoms. The molecule has 3 rings (SSSR count). The number of morpholine rings is 1. The molecule has 29 heavy (non-hydrogen) atoms. The first-order valence-electron chi connectivity index (χ1n) is 10.0. The molecule has 2 heterocycles. The van der Waals surface area contributed by atoms with Crippen LogP contribution in [-0.2, 0) is 4.74 Å². The van der Waals surface area contributed by atoms with Gasteiger partial charge >= 0.3 is 0 Å². The van der Waals surface area contributed by atoms with E-state index < -0.39 is 0 Å². The summed E-state index contributed by atoms with van der Waals surface area (Å²) in [6.07, 6.45) is 3.74. The van der Waals surface area contributed by atoms with E-state index in [1.807, 2.05) is 24.0 Å². The predicted octanol–water partition coefficient (Wildman–Crippen LogP) is 2.68. The van der Waals surface area contributed by atoms with Crippen LogP contribution < -0.4 is 10.6 Å². The largest absolute Gasteiger partial charge is 0.379 e. The van der Waals surface area contributed by atoms with Gasteiger partial charge in [0, 0.05) is 45.6 Å². The molecular formula is C21H33IN6O. The quantitative estimate of drug-likeness (QED) is 0.340. The standard InChI is InChI=1S/C21H32N6O.HI/c1-17(16-26-10-12-28-13-11-26)15-23-21(22-3)25-18(2)19-6-4-7-20(14-19)27-9-5-8-24-27;/h4-9,14,17-18H,10-13,15-16H2,1-3H3,(H2,22,23,25);1H. The molecule has 1 aromatic carbocycles. The second-order valence-electron chi connectivity index (χ2n) is 7.38. The Bertz CT molecular complexity index is 745. The Morgan fingerprint density at radius 2 is 2.03 bits per heavy atom. The van der Waals surface area contributed by atoms with Crippen molar-refractivity contribution in [3.05, 3.63) is 48.3 Å². The zero-order chi connectivity index (χ0) is 19.8. The summed E-state index contributed by atoms with van der Waals surface area (Å²) in [5.41, 5.74) is 2.25. The van der Waals surface area contributed by atoms with Gasteiger partial charge in [-0.15, -0.1) is 24.0 Å². The Balaban J connectivity index is 0.00000300. The maximum atomic E-state index is 5.42. The van der Waals surface area contributed by atoms with Crippen molar-refractivity contribution in [1.82, 2.24) is 25.3 Å². The Morgan fingerprint density at radius 3 is 2.72 bits per heavy atom. The summed E-state index contributed by atoms with van der Waals surface area (Å²) in [6.45, 7) is 10.1. The second kappa shape index (κ2) is 12.1. The average Bonchev–Trinajstić information content (AvgIpc) is 3.27. The summed E-state index contributed by atoms with van der Waals surface area (Å²) >= 11 is 0. The minimum atomic E-state index is 0. The maximum absolute atomic E-state index is 5.42. The van der Waals surface area contributed by atoms with Crippen LogP contribution in [0.15, 0.2) is 47.7 Å². The van der Waals surface area contributed by atoms with Gasteiger partial charge in [0.2, 0.25) is 0 Å². The van der Waals surface area contributed by atoms with Gasteiger partial charge in [0.05, 0.1) is 24.9 Å². The number of guanidine groups is 1. The molecule has 2 atom stereocenters. The molecule has 0 spiro atoms. The van der Waals surface area contributed by atoms with Crippen molar-refractivity contribution >= 4 is 29.9 Å². The van der Waals surface area contributed by atoms with E-state index >= 15 is 0 Å². The molecule has 0 aliphatic carbocycles. The van der Waals surface area contributed by atoms with Crippen LogP contribution in [0, 0.1) is 5.92 Å². The smallest absolute Gasteiger partial charge is 0.191 e. The minimum absolute atomic E-state index is 0. The number of ether oxygens (including phenoxy) is 1. The number of rotatable bonds is 7. The summed E-state index contributed by atoms with van der Waals surface area (Å²) in [5.74, 6) is 1.36. The zero-order valence-corrected chi connectivity index (χ0v) is 19.9. The van der Waals surface area contributed by atoms with Crippen LogP contribution in [0.25, 0.3) is 5.69 Å². The van der Waals surface area contributed by atoms with Crippen molar-refractivity contribution in [3.8, 4) is 5.69 Å². The highest BCUT2D eigenvalue weighted by Crippen LogP contribution is 2.16. The Kier molecular flexibility index (Phi) is 9.89. The van der Waals surface area contributed by atoms with E-state index in [0.717, 1.165) is 51.0 Å². The van der Waals surface area contributed by atoms with E-state index in [1.165, 1.54) is 5.56 Å². The topological polar surface area (TPSA) is 66.7 Å². The summed E-state index contributed by atoms with van der Waals surface area (Å²) in [4.78, 5) is 6.86.